The highest BCUT2D eigenvalue weighted by atomic mass is 32.2. The molecule has 0 aliphatic heterocycles. The van der Waals surface area contributed by atoms with E-state index in [4.69, 9.17) is 5.26 Å². The number of hydrogen-bond acceptors (Lipinski definition) is 8. The molecule has 2 aromatic heterocycles. The number of nitrogens with zero attached hydrogens (tertiary/aromatic N) is 6. The van der Waals surface area contributed by atoms with E-state index in [2.05, 4.69) is 25.2 Å². The first-order chi connectivity index (χ1) is 9.22. The summed E-state index contributed by atoms with van der Waals surface area (Å²) >= 11 is 1.23. The minimum absolute atomic E-state index is 0.0674. The van der Waals surface area contributed by atoms with Crippen LogP contribution in [0.1, 0.15) is 5.69 Å². The zero-order valence-corrected chi connectivity index (χ0v) is 10.7. The SMILES string of the molecule is COC(=O)Cn1nnnc1Sc1ccnc(C#N)c1. The second kappa shape index (κ2) is 5.92. The molecule has 2 rings (SSSR count). The molecule has 0 saturated heterocycles. The number of aromatic nitrogens is 5. The summed E-state index contributed by atoms with van der Waals surface area (Å²) in [5.74, 6) is -0.443. The van der Waals surface area contributed by atoms with E-state index in [1.165, 1.54) is 29.8 Å². The molecular weight excluding hydrogens is 268 g/mol. The fraction of sp³-hybridized carbons (Fsp3) is 0.200. The average Bonchev–Trinajstić information content (AvgIpc) is 2.86. The van der Waals surface area contributed by atoms with Gasteiger partial charge < -0.3 is 4.74 Å². The predicted octanol–water partition coefficient (Wildman–Crippen LogP) is 0.264. The van der Waals surface area contributed by atoms with Crippen molar-refractivity contribution in [1.82, 2.24) is 25.2 Å². The molecule has 9 heteroatoms. The maximum Gasteiger partial charge on any atom is 0.327 e. The Hall–Kier alpha value is -2.47. The monoisotopic (exact) mass is 276 g/mol. The van der Waals surface area contributed by atoms with Gasteiger partial charge in [-0.3, -0.25) is 4.79 Å². The minimum atomic E-state index is -0.443. The van der Waals surface area contributed by atoms with Crippen molar-refractivity contribution in [2.24, 2.45) is 0 Å². The number of carbonyl (C=O) groups is 1. The molecule has 0 saturated carbocycles. The van der Waals surface area contributed by atoms with Gasteiger partial charge in [0.15, 0.2) is 0 Å². The molecule has 0 atom stereocenters. The van der Waals surface area contributed by atoms with Gasteiger partial charge in [-0.05, 0) is 34.3 Å². The number of tetrazole rings is 1. The van der Waals surface area contributed by atoms with Gasteiger partial charge in [-0.1, -0.05) is 0 Å². The van der Waals surface area contributed by atoms with Crippen LogP contribution >= 0.6 is 11.8 Å². The van der Waals surface area contributed by atoms with Crippen molar-refractivity contribution in [1.29, 1.82) is 5.26 Å². The maximum atomic E-state index is 11.2. The lowest BCUT2D eigenvalue weighted by atomic mass is 10.4. The Morgan fingerprint density at radius 3 is 3.21 bits per heavy atom. The number of nitriles is 1. The number of methoxy groups -OCH3 is 1. The largest absolute Gasteiger partial charge is 0.468 e. The van der Waals surface area contributed by atoms with Crippen molar-refractivity contribution in [3.05, 3.63) is 24.0 Å². The molecule has 0 unspecified atom stereocenters. The first-order valence-corrected chi connectivity index (χ1v) is 5.91. The van der Waals surface area contributed by atoms with Crippen LogP contribution in [-0.2, 0) is 16.1 Å². The lowest BCUT2D eigenvalue weighted by Gasteiger charge is -2.02. The van der Waals surface area contributed by atoms with Gasteiger partial charge in [-0.15, -0.1) is 5.10 Å². The number of esters is 1. The van der Waals surface area contributed by atoms with E-state index in [1.54, 1.807) is 12.1 Å². The molecule has 0 aromatic carbocycles. The normalized spacial score (nSPS) is 9.89. The molecule has 0 amide bonds. The van der Waals surface area contributed by atoms with Gasteiger partial charge in [-0.2, -0.15) is 5.26 Å². The molecule has 0 N–H and O–H groups in total. The molecule has 8 nitrogen and oxygen atoms in total. The van der Waals surface area contributed by atoms with Crippen LogP contribution in [0, 0.1) is 11.3 Å². The van der Waals surface area contributed by atoms with Crippen molar-refractivity contribution in [3.8, 4) is 6.07 Å². The maximum absolute atomic E-state index is 11.2. The molecule has 0 spiro atoms. The molecule has 0 aliphatic carbocycles. The van der Waals surface area contributed by atoms with E-state index in [-0.39, 0.29) is 6.54 Å². The first-order valence-electron chi connectivity index (χ1n) is 5.10. The van der Waals surface area contributed by atoms with Crippen LogP contribution in [-0.4, -0.2) is 38.3 Å². The third-order valence-corrected chi connectivity index (χ3v) is 3.03. The van der Waals surface area contributed by atoms with Gasteiger partial charge in [0.1, 0.15) is 18.3 Å². The van der Waals surface area contributed by atoms with Crippen LogP contribution in [0.2, 0.25) is 0 Å². The average molecular weight is 276 g/mol. The van der Waals surface area contributed by atoms with E-state index >= 15 is 0 Å². The van der Waals surface area contributed by atoms with Gasteiger partial charge in [0.05, 0.1) is 7.11 Å². The summed E-state index contributed by atoms with van der Waals surface area (Å²) in [5.41, 5.74) is 0.303. The Bertz CT molecular complexity index is 635. The van der Waals surface area contributed by atoms with Crippen LogP contribution in [0.4, 0.5) is 0 Å². The number of rotatable bonds is 4. The molecule has 2 heterocycles. The van der Waals surface area contributed by atoms with Gasteiger partial charge in [-0.25, -0.2) is 9.67 Å². The van der Waals surface area contributed by atoms with Crippen molar-refractivity contribution in [3.63, 3.8) is 0 Å². The van der Waals surface area contributed by atoms with Crippen molar-refractivity contribution < 1.29 is 9.53 Å². The fourth-order valence-electron chi connectivity index (χ4n) is 1.20. The molecule has 0 bridgehead atoms. The van der Waals surface area contributed by atoms with Crippen LogP contribution in [0.5, 0.6) is 0 Å². The fourth-order valence-corrected chi connectivity index (χ4v) is 1.99. The van der Waals surface area contributed by atoms with E-state index in [0.29, 0.717) is 10.9 Å². The van der Waals surface area contributed by atoms with Gasteiger partial charge in [0.25, 0.3) is 0 Å². The third-order valence-electron chi connectivity index (χ3n) is 2.06. The predicted molar refractivity (Wildman–Crippen MR) is 62.9 cm³/mol. The lowest BCUT2D eigenvalue weighted by Crippen LogP contribution is -2.13. The molecular formula is C10H8N6O2S. The van der Waals surface area contributed by atoms with E-state index < -0.39 is 5.97 Å². The molecule has 19 heavy (non-hydrogen) atoms. The molecule has 96 valence electrons. The summed E-state index contributed by atoms with van der Waals surface area (Å²) in [7, 11) is 1.29. The van der Waals surface area contributed by atoms with Gasteiger partial charge in [0.2, 0.25) is 5.16 Å². The summed E-state index contributed by atoms with van der Waals surface area (Å²) in [6.45, 7) is -0.0674. The molecule has 0 aliphatic rings. The number of carbonyl (C=O) groups excluding carboxylic acids is 1. The van der Waals surface area contributed by atoms with E-state index in [0.717, 1.165) is 4.90 Å². The third kappa shape index (κ3) is 3.26. The van der Waals surface area contributed by atoms with Gasteiger partial charge >= 0.3 is 5.97 Å². The van der Waals surface area contributed by atoms with E-state index in [1.807, 2.05) is 6.07 Å². The van der Waals surface area contributed by atoms with Crippen LogP contribution < -0.4 is 0 Å². The highest BCUT2D eigenvalue weighted by molar-refractivity contribution is 7.99. The highest BCUT2D eigenvalue weighted by Crippen LogP contribution is 2.25. The Morgan fingerprint density at radius 2 is 2.47 bits per heavy atom. The summed E-state index contributed by atoms with van der Waals surface area (Å²) in [5, 5.41) is 20.2. The zero-order valence-electron chi connectivity index (χ0n) is 9.85. The van der Waals surface area contributed by atoms with Crippen molar-refractivity contribution >= 4 is 17.7 Å². The Balaban J connectivity index is 2.17. The number of hydrogen-bond donors (Lipinski definition) is 0. The highest BCUT2D eigenvalue weighted by Gasteiger charge is 2.12. The molecule has 2 aromatic rings. The number of pyridine rings is 1. The van der Waals surface area contributed by atoms with Crippen LogP contribution in [0.15, 0.2) is 28.4 Å². The summed E-state index contributed by atoms with van der Waals surface area (Å²) in [4.78, 5) is 15.8. The molecule has 0 fully saturated rings. The topological polar surface area (TPSA) is 107 Å². The first kappa shape index (κ1) is 13.0. The van der Waals surface area contributed by atoms with Crippen molar-refractivity contribution in [2.75, 3.05) is 7.11 Å². The minimum Gasteiger partial charge on any atom is -0.468 e. The van der Waals surface area contributed by atoms with Crippen molar-refractivity contribution in [2.45, 2.75) is 16.6 Å². The van der Waals surface area contributed by atoms with Gasteiger partial charge in [0, 0.05) is 11.1 Å². The Morgan fingerprint density at radius 1 is 1.63 bits per heavy atom. The number of ether oxygens (including phenoxy) is 1. The van der Waals surface area contributed by atoms with E-state index in [9.17, 15) is 4.79 Å². The zero-order chi connectivity index (χ0) is 13.7. The quantitative estimate of drug-likeness (QED) is 0.732. The van der Waals surface area contributed by atoms with Crippen LogP contribution in [0.25, 0.3) is 0 Å². The second-order valence-corrected chi connectivity index (χ2v) is 4.33. The standard InChI is InChI=1S/C10H8N6O2S/c1-18-9(17)6-16-10(13-14-15-16)19-8-2-3-12-7(4-8)5-11/h2-4H,6H2,1H3. The van der Waals surface area contributed by atoms with Crippen LogP contribution in [0.3, 0.4) is 0 Å². The summed E-state index contributed by atoms with van der Waals surface area (Å²) in [6.07, 6.45) is 1.52. The molecule has 0 radical (unpaired) electrons. The Labute approximate surface area is 112 Å². The second-order valence-electron chi connectivity index (χ2n) is 3.29. The summed E-state index contributed by atoms with van der Waals surface area (Å²) < 4.78 is 5.87. The summed E-state index contributed by atoms with van der Waals surface area (Å²) in [6, 6.07) is 5.28. The lowest BCUT2D eigenvalue weighted by molar-refractivity contribution is -0.141. The Kier molecular flexibility index (Phi) is 4.04. The smallest absolute Gasteiger partial charge is 0.327 e.